The molecule has 66 valence electrons. The average Bonchev–Trinajstić information content (AvgIpc) is 2.16. The highest BCUT2D eigenvalue weighted by molar-refractivity contribution is 5.26. The van der Waals surface area contributed by atoms with Crippen molar-refractivity contribution in [2.75, 3.05) is 14.1 Å². The molecule has 1 heteroatoms. The lowest BCUT2D eigenvalue weighted by Gasteiger charge is -2.13. The van der Waals surface area contributed by atoms with Crippen molar-refractivity contribution in [3.8, 4) is 0 Å². The second-order valence-corrected chi connectivity index (χ2v) is 3.59. The quantitative estimate of drug-likeness (QED) is 0.537. The minimum absolute atomic E-state index is 1.12. The number of nitrogens with zero attached hydrogens (tertiary/aromatic N) is 1. The maximum atomic E-state index is 3.32. The molecular formula is C11H17N. The van der Waals surface area contributed by atoms with E-state index in [-0.39, 0.29) is 0 Å². The minimum atomic E-state index is 1.12. The highest BCUT2D eigenvalue weighted by Crippen LogP contribution is 2.19. The molecule has 0 aromatic rings. The first kappa shape index (κ1) is 9.15. The molecule has 0 aromatic carbocycles. The van der Waals surface area contributed by atoms with Gasteiger partial charge in [0, 0.05) is 14.1 Å². The number of rotatable bonds is 1. The summed E-state index contributed by atoms with van der Waals surface area (Å²) < 4.78 is 0. The van der Waals surface area contributed by atoms with Gasteiger partial charge in [0.05, 0.1) is 5.70 Å². The summed E-state index contributed by atoms with van der Waals surface area (Å²) in [6.45, 7) is 4.35. The summed E-state index contributed by atoms with van der Waals surface area (Å²) in [7, 11) is 4.15. The van der Waals surface area contributed by atoms with Crippen LogP contribution in [0.15, 0.2) is 28.7 Å². The average molecular weight is 163 g/mol. The molecule has 0 amide bonds. The normalized spacial score (nSPS) is 17.5. The Labute approximate surface area is 75.1 Å². The maximum absolute atomic E-state index is 3.32. The summed E-state index contributed by atoms with van der Waals surface area (Å²) in [5.74, 6) is 0. The van der Waals surface area contributed by atoms with E-state index in [1.807, 2.05) is 0 Å². The summed E-state index contributed by atoms with van der Waals surface area (Å²) in [6.07, 6.45) is 4.38. The van der Waals surface area contributed by atoms with Crippen LogP contribution in [0.4, 0.5) is 0 Å². The molecule has 0 unspecified atom stereocenters. The summed E-state index contributed by atoms with van der Waals surface area (Å²) in [5.41, 5.74) is 7.47. The molecule has 0 atom stereocenters. The largest absolute Gasteiger partial charge is 0.375 e. The third-order valence-electron chi connectivity index (χ3n) is 2.41. The van der Waals surface area contributed by atoms with Crippen LogP contribution in [0.2, 0.25) is 0 Å². The molecule has 0 fully saturated rings. The van der Waals surface area contributed by atoms with Gasteiger partial charge >= 0.3 is 0 Å². The van der Waals surface area contributed by atoms with Crippen LogP contribution in [0, 0.1) is 0 Å². The second kappa shape index (κ2) is 3.64. The molecule has 0 heterocycles. The Morgan fingerprint density at radius 1 is 1.25 bits per heavy atom. The van der Waals surface area contributed by atoms with Crippen LogP contribution >= 0.6 is 0 Å². The molecule has 0 aliphatic heterocycles. The molecule has 0 aromatic heterocycles. The van der Waals surface area contributed by atoms with Gasteiger partial charge in [-0.25, -0.2) is 0 Å². The Morgan fingerprint density at radius 3 is 2.50 bits per heavy atom. The van der Waals surface area contributed by atoms with Crippen molar-refractivity contribution >= 4 is 0 Å². The van der Waals surface area contributed by atoms with Gasteiger partial charge < -0.3 is 4.90 Å². The fourth-order valence-corrected chi connectivity index (χ4v) is 1.24. The molecule has 12 heavy (non-hydrogen) atoms. The zero-order valence-electron chi connectivity index (χ0n) is 8.44. The van der Waals surface area contributed by atoms with Crippen molar-refractivity contribution in [2.24, 2.45) is 0 Å². The number of hydrogen-bond acceptors (Lipinski definition) is 1. The summed E-state index contributed by atoms with van der Waals surface area (Å²) in [6, 6.07) is 0. The van der Waals surface area contributed by atoms with Crippen molar-refractivity contribution in [3.63, 3.8) is 0 Å². The van der Waals surface area contributed by atoms with Crippen LogP contribution in [-0.2, 0) is 0 Å². The first-order valence-corrected chi connectivity index (χ1v) is 4.40. The van der Waals surface area contributed by atoms with Crippen LogP contribution in [-0.4, -0.2) is 19.0 Å². The standard InChI is InChI=1S/C11H17N/c1-9-5-7-11(12(3)4)8-6-10(9)2/h5H,6,8H2,1-4H3. The van der Waals surface area contributed by atoms with Gasteiger partial charge in [0.25, 0.3) is 0 Å². The van der Waals surface area contributed by atoms with Crippen molar-refractivity contribution in [3.05, 3.63) is 28.7 Å². The third kappa shape index (κ3) is 2.02. The Balaban J connectivity index is 2.93. The summed E-state index contributed by atoms with van der Waals surface area (Å²) in [4.78, 5) is 2.14. The van der Waals surface area contributed by atoms with E-state index in [1.165, 1.54) is 23.3 Å². The van der Waals surface area contributed by atoms with Crippen molar-refractivity contribution in [1.82, 2.24) is 4.90 Å². The van der Waals surface area contributed by atoms with Crippen LogP contribution in [0.5, 0.6) is 0 Å². The Kier molecular flexibility index (Phi) is 2.78. The highest BCUT2D eigenvalue weighted by atomic mass is 15.1. The van der Waals surface area contributed by atoms with Gasteiger partial charge in [0.1, 0.15) is 0 Å². The molecule has 1 nitrogen and oxygen atoms in total. The highest BCUT2D eigenvalue weighted by Gasteiger charge is 2.04. The zero-order chi connectivity index (χ0) is 9.14. The lowest BCUT2D eigenvalue weighted by Crippen LogP contribution is -2.09. The fourth-order valence-electron chi connectivity index (χ4n) is 1.24. The van der Waals surface area contributed by atoms with Crippen LogP contribution in [0.1, 0.15) is 26.7 Å². The van der Waals surface area contributed by atoms with E-state index in [2.05, 4.69) is 44.6 Å². The SMILES string of the molecule is CC1=C(C)CCC(N(C)C)=C=C1. The first-order chi connectivity index (χ1) is 5.61. The molecule has 1 aliphatic rings. The van der Waals surface area contributed by atoms with Gasteiger partial charge in [-0.05, 0) is 38.3 Å². The van der Waals surface area contributed by atoms with Crippen molar-refractivity contribution in [2.45, 2.75) is 26.7 Å². The fraction of sp³-hybridized carbons (Fsp3) is 0.545. The molecule has 1 aliphatic carbocycles. The van der Waals surface area contributed by atoms with E-state index in [0.29, 0.717) is 0 Å². The van der Waals surface area contributed by atoms with E-state index in [0.717, 1.165) is 6.42 Å². The molecule has 1 rings (SSSR count). The molecule has 0 N–H and O–H groups in total. The smallest absolute Gasteiger partial charge is 0.0562 e. The molecule has 0 radical (unpaired) electrons. The van der Waals surface area contributed by atoms with Crippen molar-refractivity contribution in [1.29, 1.82) is 0 Å². The predicted octanol–water partition coefficient (Wildman–Crippen LogP) is 2.72. The van der Waals surface area contributed by atoms with Gasteiger partial charge in [0.2, 0.25) is 0 Å². The molecule has 0 saturated carbocycles. The monoisotopic (exact) mass is 163 g/mol. The van der Waals surface area contributed by atoms with E-state index >= 15 is 0 Å². The number of allylic oxidation sites excluding steroid dienone is 3. The molecular weight excluding hydrogens is 146 g/mol. The van der Waals surface area contributed by atoms with Gasteiger partial charge in [-0.1, -0.05) is 11.3 Å². The second-order valence-electron chi connectivity index (χ2n) is 3.59. The van der Waals surface area contributed by atoms with Crippen LogP contribution in [0.3, 0.4) is 0 Å². The van der Waals surface area contributed by atoms with E-state index in [9.17, 15) is 0 Å². The topological polar surface area (TPSA) is 3.24 Å². The Bertz CT molecular complexity index is 263. The van der Waals surface area contributed by atoms with Gasteiger partial charge in [0.15, 0.2) is 0 Å². The van der Waals surface area contributed by atoms with Gasteiger partial charge in [-0.15, -0.1) is 0 Å². The van der Waals surface area contributed by atoms with E-state index in [4.69, 9.17) is 0 Å². The van der Waals surface area contributed by atoms with Crippen molar-refractivity contribution < 1.29 is 0 Å². The maximum Gasteiger partial charge on any atom is 0.0562 e. The lowest BCUT2D eigenvalue weighted by atomic mass is 10.1. The van der Waals surface area contributed by atoms with Crippen LogP contribution < -0.4 is 0 Å². The lowest BCUT2D eigenvalue weighted by molar-refractivity contribution is 0.488. The van der Waals surface area contributed by atoms with Gasteiger partial charge in [-0.3, -0.25) is 0 Å². The number of hydrogen-bond donors (Lipinski definition) is 0. The zero-order valence-corrected chi connectivity index (χ0v) is 8.44. The summed E-state index contributed by atoms with van der Waals surface area (Å²) >= 11 is 0. The minimum Gasteiger partial charge on any atom is -0.375 e. The van der Waals surface area contributed by atoms with Gasteiger partial charge in [-0.2, -0.15) is 0 Å². The Morgan fingerprint density at radius 2 is 1.92 bits per heavy atom. The summed E-state index contributed by atoms with van der Waals surface area (Å²) in [5, 5.41) is 0. The Hall–Kier alpha value is -0.940. The molecule has 0 spiro atoms. The predicted molar refractivity (Wildman–Crippen MR) is 52.9 cm³/mol. The third-order valence-corrected chi connectivity index (χ3v) is 2.41. The van der Waals surface area contributed by atoms with E-state index in [1.54, 1.807) is 0 Å². The first-order valence-electron chi connectivity index (χ1n) is 4.40. The molecule has 0 saturated heterocycles. The van der Waals surface area contributed by atoms with Crippen LogP contribution in [0.25, 0.3) is 0 Å². The molecule has 0 bridgehead atoms. The van der Waals surface area contributed by atoms with E-state index < -0.39 is 0 Å².